The second-order valence-corrected chi connectivity index (χ2v) is 7.56. The van der Waals surface area contributed by atoms with Crippen LogP contribution >= 0.6 is 0 Å². The van der Waals surface area contributed by atoms with E-state index >= 15 is 0 Å². The summed E-state index contributed by atoms with van der Waals surface area (Å²) >= 11 is 0. The third kappa shape index (κ3) is 7.40. The van der Waals surface area contributed by atoms with Crippen molar-refractivity contribution in [2.75, 3.05) is 6.61 Å². The van der Waals surface area contributed by atoms with Crippen molar-refractivity contribution in [3.8, 4) is 0 Å². The highest BCUT2D eigenvalue weighted by Crippen LogP contribution is 2.30. The van der Waals surface area contributed by atoms with Gasteiger partial charge in [-0.15, -0.1) is 0 Å². The monoisotopic (exact) mass is 428 g/mol. The van der Waals surface area contributed by atoms with Gasteiger partial charge in [-0.25, -0.2) is 9.18 Å². The van der Waals surface area contributed by atoms with Crippen LogP contribution in [0.4, 0.5) is 4.39 Å². The van der Waals surface area contributed by atoms with Gasteiger partial charge in [-0.2, -0.15) is 0 Å². The summed E-state index contributed by atoms with van der Waals surface area (Å²) in [7, 11) is 0. The summed E-state index contributed by atoms with van der Waals surface area (Å²) in [4.78, 5) is 47.8. The van der Waals surface area contributed by atoms with E-state index in [-0.39, 0.29) is 25.9 Å². The van der Waals surface area contributed by atoms with Crippen LogP contribution in [-0.2, 0) is 19.1 Å². The summed E-state index contributed by atoms with van der Waals surface area (Å²) in [5.41, 5.74) is -0.870. The molecule has 10 heteroatoms. The highest BCUT2D eigenvalue weighted by molar-refractivity contribution is 5.69. The molecule has 1 aromatic heterocycles. The van der Waals surface area contributed by atoms with Gasteiger partial charge < -0.3 is 14.6 Å². The zero-order chi connectivity index (χ0) is 22.1. The van der Waals surface area contributed by atoms with Crippen LogP contribution in [0.2, 0.25) is 0 Å². The Balaban J connectivity index is 1.66. The predicted molar refractivity (Wildman–Crippen MR) is 105 cm³/mol. The molecule has 1 fully saturated rings. The number of ether oxygens (including phenoxy) is 2. The Kier molecular flexibility index (Phi) is 9.22. The van der Waals surface area contributed by atoms with Gasteiger partial charge in [-0.3, -0.25) is 23.9 Å². The van der Waals surface area contributed by atoms with Crippen LogP contribution in [0.25, 0.3) is 0 Å². The van der Waals surface area contributed by atoms with Gasteiger partial charge in [0.2, 0.25) is 0 Å². The number of esters is 1. The minimum Gasteiger partial charge on any atom is -0.481 e. The molecular weight excluding hydrogens is 399 g/mol. The van der Waals surface area contributed by atoms with Crippen LogP contribution in [0.15, 0.2) is 15.8 Å². The van der Waals surface area contributed by atoms with Crippen molar-refractivity contribution in [3.05, 3.63) is 32.6 Å². The Morgan fingerprint density at radius 3 is 2.50 bits per heavy atom. The normalized spacial score (nSPS) is 20.9. The molecule has 0 aliphatic carbocycles. The van der Waals surface area contributed by atoms with Crippen molar-refractivity contribution < 1.29 is 28.6 Å². The molecule has 0 unspecified atom stereocenters. The number of carbonyl (C=O) groups excluding carboxylic acids is 1. The summed E-state index contributed by atoms with van der Waals surface area (Å²) in [6, 6.07) is 0. The lowest BCUT2D eigenvalue weighted by Crippen LogP contribution is -2.33. The van der Waals surface area contributed by atoms with Gasteiger partial charge in [0.25, 0.3) is 5.56 Å². The molecule has 0 amide bonds. The summed E-state index contributed by atoms with van der Waals surface area (Å²) in [6.45, 7) is 1.30. The molecule has 0 saturated carbocycles. The highest BCUT2D eigenvalue weighted by Gasteiger charge is 2.37. The van der Waals surface area contributed by atoms with Crippen molar-refractivity contribution in [3.63, 3.8) is 0 Å². The fourth-order valence-electron chi connectivity index (χ4n) is 3.31. The molecule has 3 atom stereocenters. The maximum atomic E-state index is 14.2. The van der Waals surface area contributed by atoms with E-state index in [1.54, 1.807) is 0 Å². The number of unbranched alkanes of at least 4 members (excludes halogenated alkanes) is 5. The van der Waals surface area contributed by atoms with Crippen LogP contribution in [-0.4, -0.2) is 45.5 Å². The van der Waals surface area contributed by atoms with E-state index in [4.69, 9.17) is 14.6 Å². The molecule has 0 aromatic carbocycles. The molecule has 30 heavy (non-hydrogen) atoms. The first-order valence-electron chi connectivity index (χ1n) is 10.3. The minimum absolute atomic E-state index is 0.0739. The molecule has 0 bridgehead atoms. The number of aryl methyl sites for hydroxylation is 1. The Morgan fingerprint density at radius 1 is 1.20 bits per heavy atom. The SMILES string of the molecule is Cc1cn([C@H]2C[C@H](F)[C@@H](COC(=O)CCCCCCCCC(=O)O)O2)c(=O)[nH]c1=O. The number of alkyl halides is 1. The van der Waals surface area contributed by atoms with Crippen LogP contribution in [0.3, 0.4) is 0 Å². The Morgan fingerprint density at radius 2 is 1.83 bits per heavy atom. The molecule has 1 aliphatic rings. The highest BCUT2D eigenvalue weighted by atomic mass is 19.1. The number of carboxylic acids is 1. The molecule has 1 saturated heterocycles. The molecular formula is C20H29FN2O7. The number of aromatic nitrogens is 2. The number of hydrogen-bond acceptors (Lipinski definition) is 6. The summed E-state index contributed by atoms with van der Waals surface area (Å²) in [5.74, 6) is -1.22. The van der Waals surface area contributed by atoms with Gasteiger partial charge >= 0.3 is 17.6 Å². The average molecular weight is 428 g/mol. The molecule has 1 aliphatic heterocycles. The maximum absolute atomic E-state index is 14.2. The van der Waals surface area contributed by atoms with Gasteiger partial charge in [0.1, 0.15) is 25.1 Å². The van der Waals surface area contributed by atoms with Crippen molar-refractivity contribution in [2.24, 2.45) is 0 Å². The van der Waals surface area contributed by atoms with Gasteiger partial charge in [0.15, 0.2) is 0 Å². The number of nitrogens with one attached hydrogen (secondary N) is 1. The fraction of sp³-hybridized carbons (Fsp3) is 0.700. The predicted octanol–water partition coefficient (Wildman–Crippen LogP) is 2.22. The molecule has 0 spiro atoms. The second-order valence-electron chi connectivity index (χ2n) is 7.56. The van der Waals surface area contributed by atoms with Crippen molar-refractivity contribution in [2.45, 2.75) is 83.2 Å². The number of carboxylic acid groups (broad SMARTS) is 1. The van der Waals surface area contributed by atoms with E-state index in [0.717, 1.165) is 30.3 Å². The Labute approximate surface area is 173 Å². The zero-order valence-electron chi connectivity index (χ0n) is 17.1. The number of nitrogens with zero attached hydrogens (tertiary/aromatic N) is 1. The Bertz CT molecular complexity index is 835. The average Bonchev–Trinajstić information content (AvgIpc) is 3.05. The van der Waals surface area contributed by atoms with Crippen molar-refractivity contribution in [1.29, 1.82) is 0 Å². The quantitative estimate of drug-likeness (QED) is 0.386. The molecule has 2 rings (SSSR count). The third-order valence-electron chi connectivity index (χ3n) is 5.05. The molecule has 2 N–H and O–H groups in total. The summed E-state index contributed by atoms with van der Waals surface area (Å²) < 4.78 is 26.0. The lowest BCUT2D eigenvalue weighted by atomic mass is 10.1. The minimum atomic E-state index is -1.40. The summed E-state index contributed by atoms with van der Waals surface area (Å²) in [6.07, 6.45) is 3.27. The standard InChI is InChI=1S/C20H29FN2O7/c1-13-11-23(20(28)22-19(13)27)16-10-14(21)15(30-16)12-29-18(26)9-7-5-3-2-4-6-8-17(24)25/h11,14-16H,2-10,12H2,1H3,(H,24,25)(H,22,27,28)/t14-,15+,16+/m0/s1. The summed E-state index contributed by atoms with van der Waals surface area (Å²) in [5, 5.41) is 8.55. The maximum Gasteiger partial charge on any atom is 0.330 e. The van der Waals surface area contributed by atoms with E-state index in [0.29, 0.717) is 18.4 Å². The van der Waals surface area contributed by atoms with Gasteiger partial charge in [0, 0.05) is 31.0 Å². The van der Waals surface area contributed by atoms with Gasteiger partial charge in [0.05, 0.1) is 0 Å². The first-order valence-corrected chi connectivity index (χ1v) is 10.3. The second kappa shape index (κ2) is 11.6. The third-order valence-corrected chi connectivity index (χ3v) is 5.05. The van der Waals surface area contributed by atoms with Gasteiger partial charge in [-0.1, -0.05) is 25.7 Å². The Hall–Kier alpha value is -2.49. The number of aliphatic carboxylic acids is 1. The van der Waals surface area contributed by atoms with Crippen LogP contribution in [0, 0.1) is 6.92 Å². The van der Waals surface area contributed by atoms with Crippen molar-refractivity contribution in [1.82, 2.24) is 9.55 Å². The van der Waals surface area contributed by atoms with Gasteiger partial charge in [-0.05, 0) is 19.8 Å². The van der Waals surface area contributed by atoms with Crippen molar-refractivity contribution >= 4 is 11.9 Å². The number of aromatic amines is 1. The van der Waals surface area contributed by atoms with Crippen LogP contribution in [0.5, 0.6) is 0 Å². The topological polar surface area (TPSA) is 128 Å². The lowest BCUT2D eigenvalue weighted by Gasteiger charge is -2.16. The molecule has 9 nitrogen and oxygen atoms in total. The van der Waals surface area contributed by atoms with E-state index < -0.39 is 41.7 Å². The largest absolute Gasteiger partial charge is 0.481 e. The molecule has 0 radical (unpaired) electrons. The molecule has 2 heterocycles. The molecule has 168 valence electrons. The molecule has 1 aromatic rings. The number of rotatable bonds is 12. The zero-order valence-corrected chi connectivity index (χ0v) is 17.1. The van der Waals surface area contributed by atoms with E-state index in [2.05, 4.69) is 4.98 Å². The van der Waals surface area contributed by atoms with E-state index in [1.165, 1.54) is 13.1 Å². The first kappa shape index (κ1) is 23.8. The van der Waals surface area contributed by atoms with Crippen LogP contribution < -0.4 is 11.2 Å². The number of H-pyrrole nitrogens is 1. The fourth-order valence-corrected chi connectivity index (χ4v) is 3.31. The van der Waals surface area contributed by atoms with E-state index in [9.17, 15) is 23.6 Å². The number of carbonyl (C=O) groups is 2. The smallest absolute Gasteiger partial charge is 0.330 e. The lowest BCUT2D eigenvalue weighted by molar-refractivity contribution is -0.149. The number of halogens is 1. The van der Waals surface area contributed by atoms with E-state index in [1.807, 2.05) is 0 Å². The first-order chi connectivity index (χ1) is 14.3. The number of hydrogen-bond donors (Lipinski definition) is 2. The van der Waals surface area contributed by atoms with Crippen LogP contribution in [0.1, 0.15) is 69.6 Å².